The van der Waals surface area contributed by atoms with Crippen molar-refractivity contribution in [2.45, 2.75) is 13.2 Å². The molecule has 2 N–H and O–H groups in total. The molecule has 5 heteroatoms. The highest BCUT2D eigenvalue weighted by Crippen LogP contribution is 2.23. The third kappa shape index (κ3) is 5.83. The number of nitrogens with zero attached hydrogens (tertiary/aromatic N) is 1. The van der Waals surface area contributed by atoms with Crippen LogP contribution in [0.25, 0.3) is 11.1 Å². The van der Waals surface area contributed by atoms with Crippen molar-refractivity contribution in [1.82, 2.24) is 10.2 Å². The molecule has 0 saturated heterocycles. The first-order valence-corrected chi connectivity index (χ1v) is 9.63. The van der Waals surface area contributed by atoms with Gasteiger partial charge < -0.3 is 20.1 Å². The first-order chi connectivity index (χ1) is 14.2. The molecule has 0 spiro atoms. The normalized spacial score (nSPS) is 10.4. The zero-order valence-corrected chi connectivity index (χ0v) is 16.5. The second kappa shape index (κ2) is 10.3. The van der Waals surface area contributed by atoms with Crippen LogP contribution in [0.4, 0.5) is 4.79 Å². The lowest BCUT2D eigenvalue weighted by molar-refractivity contribution is 0.181. The fraction of sp³-hybridized carbons (Fsp3) is 0.208. The molecule has 3 aromatic rings. The summed E-state index contributed by atoms with van der Waals surface area (Å²) in [5, 5.41) is 11.8. The van der Waals surface area contributed by atoms with Crippen LogP contribution in [0.2, 0.25) is 0 Å². The molecular weight excluding hydrogens is 364 g/mol. The minimum Gasteiger partial charge on any atom is -0.492 e. The Morgan fingerprint density at radius 3 is 2.10 bits per heavy atom. The molecule has 0 heterocycles. The van der Waals surface area contributed by atoms with Crippen LogP contribution in [-0.4, -0.2) is 36.2 Å². The molecule has 0 saturated carbocycles. The highest BCUT2D eigenvalue weighted by atomic mass is 16.5. The van der Waals surface area contributed by atoms with Gasteiger partial charge >= 0.3 is 6.03 Å². The summed E-state index contributed by atoms with van der Waals surface area (Å²) in [6, 6.07) is 25.4. The molecule has 0 bridgehead atoms. The van der Waals surface area contributed by atoms with Gasteiger partial charge in [0.1, 0.15) is 12.4 Å². The summed E-state index contributed by atoms with van der Waals surface area (Å²) < 4.78 is 5.84. The van der Waals surface area contributed by atoms with E-state index >= 15 is 0 Å². The lowest BCUT2D eigenvalue weighted by atomic mass is 10.0. The van der Waals surface area contributed by atoms with Gasteiger partial charge in [-0.2, -0.15) is 0 Å². The van der Waals surface area contributed by atoms with Gasteiger partial charge in [-0.05, 0) is 34.4 Å². The smallest absolute Gasteiger partial charge is 0.317 e. The molecule has 0 unspecified atom stereocenters. The van der Waals surface area contributed by atoms with E-state index in [9.17, 15) is 4.79 Å². The third-order valence-electron chi connectivity index (χ3n) is 4.67. The van der Waals surface area contributed by atoms with E-state index in [0.29, 0.717) is 19.7 Å². The van der Waals surface area contributed by atoms with Gasteiger partial charge in [-0.15, -0.1) is 0 Å². The largest absolute Gasteiger partial charge is 0.492 e. The van der Waals surface area contributed by atoms with Crippen molar-refractivity contribution in [2.24, 2.45) is 0 Å². The first-order valence-electron chi connectivity index (χ1n) is 9.63. The van der Waals surface area contributed by atoms with Crippen molar-refractivity contribution in [2.75, 3.05) is 20.2 Å². The molecule has 0 fully saturated rings. The van der Waals surface area contributed by atoms with Crippen LogP contribution >= 0.6 is 0 Å². The molecule has 2 amide bonds. The average molecular weight is 390 g/mol. The number of nitrogens with one attached hydrogen (secondary N) is 1. The maximum atomic E-state index is 12.1. The number of ether oxygens (including phenoxy) is 1. The molecular formula is C24H26N2O3. The molecule has 29 heavy (non-hydrogen) atoms. The predicted molar refractivity (Wildman–Crippen MR) is 115 cm³/mol. The molecule has 0 radical (unpaired) electrons. The Kier molecular flexibility index (Phi) is 7.25. The van der Waals surface area contributed by atoms with Crippen molar-refractivity contribution in [3.63, 3.8) is 0 Å². The summed E-state index contributed by atoms with van der Waals surface area (Å²) >= 11 is 0. The van der Waals surface area contributed by atoms with Gasteiger partial charge in [0.2, 0.25) is 0 Å². The Hall–Kier alpha value is -3.31. The van der Waals surface area contributed by atoms with E-state index < -0.39 is 0 Å². The molecule has 3 rings (SSSR count). The van der Waals surface area contributed by atoms with E-state index in [0.717, 1.165) is 28.0 Å². The molecule has 0 atom stereocenters. The Morgan fingerprint density at radius 1 is 0.897 bits per heavy atom. The quantitative estimate of drug-likeness (QED) is 0.610. The van der Waals surface area contributed by atoms with Gasteiger partial charge in [0.05, 0.1) is 13.2 Å². The van der Waals surface area contributed by atoms with Crippen LogP contribution in [0.1, 0.15) is 11.1 Å². The Balaban J connectivity index is 1.55. The zero-order valence-electron chi connectivity index (χ0n) is 16.5. The molecule has 3 aromatic carbocycles. The van der Waals surface area contributed by atoms with Crippen LogP contribution in [0.3, 0.4) is 0 Å². The highest BCUT2D eigenvalue weighted by Gasteiger charge is 2.12. The van der Waals surface area contributed by atoms with Crippen LogP contribution < -0.4 is 10.1 Å². The lowest BCUT2D eigenvalue weighted by Crippen LogP contribution is -2.40. The Morgan fingerprint density at radius 2 is 1.52 bits per heavy atom. The van der Waals surface area contributed by atoms with E-state index in [1.165, 1.54) is 0 Å². The number of aliphatic hydroxyl groups excluding tert-OH is 1. The molecule has 0 aromatic heterocycles. The number of benzene rings is 3. The number of carbonyl (C=O) groups excluding carboxylic acids is 1. The second-order valence-electron chi connectivity index (χ2n) is 6.69. The van der Waals surface area contributed by atoms with Gasteiger partial charge in [0, 0.05) is 13.6 Å². The van der Waals surface area contributed by atoms with Crippen molar-refractivity contribution in [3.05, 3.63) is 90.0 Å². The number of amides is 2. The van der Waals surface area contributed by atoms with E-state index in [2.05, 4.69) is 5.32 Å². The van der Waals surface area contributed by atoms with Crippen LogP contribution in [-0.2, 0) is 13.2 Å². The fourth-order valence-electron chi connectivity index (χ4n) is 3.03. The molecule has 0 aliphatic rings. The zero-order chi connectivity index (χ0) is 20.5. The lowest BCUT2D eigenvalue weighted by Gasteiger charge is -2.22. The van der Waals surface area contributed by atoms with Gasteiger partial charge in [0.25, 0.3) is 0 Å². The average Bonchev–Trinajstić information content (AvgIpc) is 2.79. The number of hydrogen-bond donors (Lipinski definition) is 2. The standard InChI is InChI=1S/C24H26N2O3/c1-25-24(28)26(17-19-5-3-2-4-6-19)15-16-29-23-13-11-22(12-14-23)21-9-7-20(18-27)8-10-21/h2-14,27H,15-18H2,1H3,(H,25,28). The van der Waals surface area contributed by atoms with E-state index in [1.807, 2.05) is 78.9 Å². The summed E-state index contributed by atoms with van der Waals surface area (Å²) in [6.07, 6.45) is 0. The van der Waals surface area contributed by atoms with Crippen LogP contribution in [0.5, 0.6) is 5.75 Å². The van der Waals surface area contributed by atoms with Crippen LogP contribution in [0, 0.1) is 0 Å². The molecule has 0 aliphatic carbocycles. The number of rotatable bonds is 8. The van der Waals surface area contributed by atoms with Gasteiger partial charge in [-0.3, -0.25) is 0 Å². The van der Waals surface area contributed by atoms with Gasteiger partial charge in [-0.1, -0.05) is 66.7 Å². The van der Waals surface area contributed by atoms with Gasteiger partial charge in [-0.25, -0.2) is 4.79 Å². The van der Waals surface area contributed by atoms with Crippen molar-refractivity contribution in [3.8, 4) is 16.9 Å². The third-order valence-corrected chi connectivity index (χ3v) is 4.67. The summed E-state index contributed by atoms with van der Waals surface area (Å²) in [7, 11) is 1.63. The SMILES string of the molecule is CNC(=O)N(CCOc1ccc(-c2ccc(CO)cc2)cc1)Cc1ccccc1. The Bertz CT molecular complexity index is 894. The minimum absolute atomic E-state index is 0.0460. The predicted octanol–water partition coefficient (Wildman–Crippen LogP) is 4.07. The topological polar surface area (TPSA) is 61.8 Å². The second-order valence-corrected chi connectivity index (χ2v) is 6.69. The molecule has 0 aliphatic heterocycles. The fourth-order valence-corrected chi connectivity index (χ4v) is 3.03. The van der Waals surface area contributed by atoms with Crippen molar-refractivity contribution in [1.29, 1.82) is 0 Å². The van der Waals surface area contributed by atoms with Crippen molar-refractivity contribution >= 4 is 6.03 Å². The summed E-state index contributed by atoms with van der Waals surface area (Å²) in [4.78, 5) is 13.9. The summed E-state index contributed by atoms with van der Waals surface area (Å²) in [6.45, 7) is 1.47. The highest BCUT2D eigenvalue weighted by molar-refractivity contribution is 5.73. The minimum atomic E-state index is -0.126. The number of urea groups is 1. The molecule has 5 nitrogen and oxygen atoms in total. The van der Waals surface area contributed by atoms with Crippen molar-refractivity contribution < 1.29 is 14.6 Å². The van der Waals surface area contributed by atoms with Gasteiger partial charge in [0.15, 0.2) is 0 Å². The number of aliphatic hydroxyl groups is 1. The van der Waals surface area contributed by atoms with E-state index in [4.69, 9.17) is 9.84 Å². The maximum Gasteiger partial charge on any atom is 0.317 e. The first kappa shape index (κ1) is 20.4. The van der Waals surface area contributed by atoms with Crippen LogP contribution in [0.15, 0.2) is 78.9 Å². The monoisotopic (exact) mass is 390 g/mol. The van der Waals surface area contributed by atoms with E-state index in [1.54, 1.807) is 11.9 Å². The number of hydrogen-bond acceptors (Lipinski definition) is 3. The van der Waals surface area contributed by atoms with E-state index in [-0.39, 0.29) is 12.6 Å². The maximum absolute atomic E-state index is 12.1. The Labute approximate surface area is 171 Å². The molecule has 150 valence electrons. The summed E-state index contributed by atoms with van der Waals surface area (Å²) in [5.74, 6) is 0.761. The number of carbonyl (C=O) groups is 1. The summed E-state index contributed by atoms with van der Waals surface area (Å²) in [5.41, 5.74) is 4.14.